The molecule has 104 valence electrons. The van der Waals surface area contributed by atoms with Crippen molar-refractivity contribution in [3.05, 3.63) is 59.7 Å². The topological polar surface area (TPSA) is 29.5 Å². The lowest BCUT2D eigenvalue weighted by Crippen LogP contribution is -2.30. The highest BCUT2D eigenvalue weighted by molar-refractivity contribution is 6.06. The second kappa shape index (κ2) is 6.24. The van der Waals surface area contributed by atoms with E-state index >= 15 is 0 Å². The van der Waals surface area contributed by atoms with Crippen LogP contribution >= 0.6 is 0 Å². The zero-order valence-corrected chi connectivity index (χ0v) is 12.1. The molecule has 1 amide bonds. The number of methoxy groups -OCH3 is 1. The summed E-state index contributed by atoms with van der Waals surface area (Å²) in [6.45, 7) is 4.63. The Labute approximate surface area is 119 Å². The highest BCUT2D eigenvalue weighted by Gasteiger charge is 2.16. The molecule has 0 aliphatic heterocycles. The van der Waals surface area contributed by atoms with Crippen LogP contribution in [0.3, 0.4) is 0 Å². The molecule has 0 atom stereocenters. The van der Waals surface area contributed by atoms with Crippen LogP contribution in [0.1, 0.15) is 22.8 Å². The van der Waals surface area contributed by atoms with Crippen LogP contribution in [0, 0.1) is 6.92 Å². The fourth-order valence-electron chi connectivity index (χ4n) is 2.13. The van der Waals surface area contributed by atoms with Crippen LogP contribution in [0.15, 0.2) is 48.5 Å². The largest absolute Gasteiger partial charge is 0.497 e. The van der Waals surface area contributed by atoms with Gasteiger partial charge < -0.3 is 9.64 Å². The van der Waals surface area contributed by atoms with E-state index in [4.69, 9.17) is 4.74 Å². The molecule has 0 fully saturated rings. The van der Waals surface area contributed by atoms with Crippen LogP contribution in [0.4, 0.5) is 5.69 Å². The molecule has 0 heterocycles. The van der Waals surface area contributed by atoms with Gasteiger partial charge in [-0.15, -0.1) is 0 Å². The summed E-state index contributed by atoms with van der Waals surface area (Å²) < 4.78 is 5.11. The Morgan fingerprint density at radius 2 is 1.85 bits per heavy atom. The van der Waals surface area contributed by atoms with E-state index < -0.39 is 0 Å². The highest BCUT2D eigenvalue weighted by atomic mass is 16.5. The number of hydrogen-bond donors (Lipinski definition) is 0. The molecule has 20 heavy (non-hydrogen) atoms. The third-order valence-electron chi connectivity index (χ3n) is 3.21. The van der Waals surface area contributed by atoms with Crippen molar-refractivity contribution in [3.63, 3.8) is 0 Å². The molecule has 0 aliphatic carbocycles. The molecule has 0 unspecified atom stereocenters. The van der Waals surface area contributed by atoms with Crippen molar-refractivity contribution in [2.24, 2.45) is 0 Å². The molecule has 2 aromatic rings. The predicted octanol–water partition coefficient (Wildman–Crippen LogP) is 3.67. The normalized spacial score (nSPS) is 10.2. The van der Waals surface area contributed by atoms with Crippen molar-refractivity contribution in [2.75, 3.05) is 18.6 Å². The minimum Gasteiger partial charge on any atom is -0.497 e. The van der Waals surface area contributed by atoms with Gasteiger partial charge >= 0.3 is 0 Å². The molecule has 0 saturated carbocycles. The molecule has 2 aromatic carbocycles. The van der Waals surface area contributed by atoms with Gasteiger partial charge in [-0.2, -0.15) is 0 Å². The van der Waals surface area contributed by atoms with Crippen molar-refractivity contribution in [2.45, 2.75) is 13.8 Å². The van der Waals surface area contributed by atoms with E-state index in [0.29, 0.717) is 12.1 Å². The molecule has 0 aliphatic rings. The SMILES string of the molecule is CCN(C(=O)c1ccc(OC)cc1)c1cccc(C)c1. The van der Waals surface area contributed by atoms with Crippen LogP contribution < -0.4 is 9.64 Å². The van der Waals surface area contributed by atoms with Crippen molar-refractivity contribution in [1.29, 1.82) is 0 Å². The Bertz CT molecular complexity index is 590. The number of benzene rings is 2. The first kappa shape index (κ1) is 14.1. The number of amides is 1. The summed E-state index contributed by atoms with van der Waals surface area (Å²) in [6, 6.07) is 15.2. The maximum absolute atomic E-state index is 12.6. The van der Waals surface area contributed by atoms with Crippen LogP contribution in [0.2, 0.25) is 0 Å². The van der Waals surface area contributed by atoms with Gasteiger partial charge in [-0.25, -0.2) is 0 Å². The van der Waals surface area contributed by atoms with Crippen LogP contribution in [-0.4, -0.2) is 19.6 Å². The fourth-order valence-corrected chi connectivity index (χ4v) is 2.13. The Morgan fingerprint density at radius 1 is 1.15 bits per heavy atom. The Hall–Kier alpha value is -2.29. The average Bonchev–Trinajstić information content (AvgIpc) is 2.48. The second-order valence-corrected chi connectivity index (χ2v) is 4.62. The van der Waals surface area contributed by atoms with E-state index in [9.17, 15) is 4.79 Å². The van der Waals surface area contributed by atoms with E-state index in [1.54, 1.807) is 36.3 Å². The van der Waals surface area contributed by atoms with Gasteiger partial charge in [0.05, 0.1) is 7.11 Å². The maximum atomic E-state index is 12.6. The molecular formula is C17H19NO2. The number of aryl methyl sites for hydroxylation is 1. The summed E-state index contributed by atoms with van der Waals surface area (Å²) in [5.41, 5.74) is 2.73. The van der Waals surface area contributed by atoms with Gasteiger partial charge in [-0.1, -0.05) is 12.1 Å². The number of carbonyl (C=O) groups excluding carboxylic acids is 1. The molecule has 0 radical (unpaired) electrons. The number of anilines is 1. The standard InChI is InChI=1S/C17H19NO2/c1-4-18(15-7-5-6-13(2)12-15)17(19)14-8-10-16(20-3)11-9-14/h5-12H,4H2,1-3H3. The summed E-state index contributed by atoms with van der Waals surface area (Å²) in [4.78, 5) is 14.3. The smallest absolute Gasteiger partial charge is 0.258 e. The summed E-state index contributed by atoms with van der Waals surface area (Å²) >= 11 is 0. The van der Waals surface area contributed by atoms with Gasteiger partial charge in [0, 0.05) is 17.8 Å². The van der Waals surface area contributed by atoms with Crippen molar-refractivity contribution < 1.29 is 9.53 Å². The first-order chi connectivity index (χ1) is 9.65. The minimum absolute atomic E-state index is 0.000697. The average molecular weight is 269 g/mol. The van der Waals surface area contributed by atoms with Crippen LogP contribution in [-0.2, 0) is 0 Å². The Balaban J connectivity index is 2.28. The van der Waals surface area contributed by atoms with E-state index in [2.05, 4.69) is 0 Å². The number of ether oxygens (including phenoxy) is 1. The van der Waals surface area contributed by atoms with Crippen LogP contribution in [0.25, 0.3) is 0 Å². The number of nitrogens with zero attached hydrogens (tertiary/aromatic N) is 1. The first-order valence-electron chi connectivity index (χ1n) is 6.68. The molecule has 0 bridgehead atoms. The molecule has 3 heteroatoms. The van der Waals surface area contributed by atoms with Gasteiger partial charge in [0.15, 0.2) is 0 Å². The van der Waals surface area contributed by atoms with E-state index in [-0.39, 0.29) is 5.91 Å². The lowest BCUT2D eigenvalue weighted by Gasteiger charge is -2.21. The zero-order valence-electron chi connectivity index (χ0n) is 12.1. The van der Waals surface area contributed by atoms with E-state index in [0.717, 1.165) is 17.0 Å². The lowest BCUT2D eigenvalue weighted by atomic mass is 10.1. The van der Waals surface area contributed by atoms with Gasteiger partial charge in [0.25, 0.3) is 5.91 Å². The minimum atomic E-state index is 0.000697. The third kappa shape index (κ3) is 2.99. The summed E-state index contributed by atoms with van der Waals surface area (Å²) in [6.07, 6.45) is 0. The first-order valence-corrected chi connectivity index (χ1v) is 6.68. The van der Waals surface area contributed by atoms with Gasteiger partial charge in [0.2, 0.25) is 0 Å². The van der Waals surface area contributed by atoms with Gasteiger partial charge in [-0.3, -0.25) is 4.79 Å². The molecular weight excluding hydrogens is 250 g/mol. The zero-order chi connectivity index (χ0) is 14.5. The maximum Gasteiger partial charge on any atom is 0.258 e. The van der Waals surface area contributed by atoms with Gasteiger partial charge in [0.1, 0.15) is 5.75 Å². The fraction of sp³-hybridized carbons (Fsp3) is 0.235. The number of hydrogen-bond acceptors (Lipinski definition) is 2. The van der Waals surface area contributed by atoms with E-state index in [1.807, 2.05) is 38.1 Å². The van der Waals surface area contributed by atoms with Crippen molar-refractivity contribution in [1.82, 2.24) is 0 Å². The molecule has 0 N–H and O–H groups in total. The molecule has 0 aromatic heterocycles. The lowest BCUT2D eigenvalue weighted by molar-refractivity contribution is 0.0988. The monoisotopic (exact) mass is 269 g/mol. The van der Waals surface area contributed by atoms with Crippen molar-refractivity contribution >= 4 is 11.6 Å². The Kier molecular flexibility index (Phi) is 4.41. The second-order valence-electron chi connectivity index (χ2n) is 4.62. The summed E-state index contributed by atoms with van der Waals surface area (Å²) in [5, 5.41) is 0. The third-order valence-corrected chi connectivity index (χ3v) is 3.21. The van der Waals surface area contributed by atoms with Gasteiger partial charge in [-0.05, 0) is 55.8 Å². The van der Waals surface area contributed by atoms with Crippen LogP contribution in [0.5, 0.6) is 5.75 Å². The Morgan fingerprint density at radius 3 is 2.40 bits per heavy atom. The molecule has 0 spiro atoms. The van der Waals surface area contributed by atoms with E-state index in [1.165, 1.54) is 0 Å². The number of carbonyl (C=O) groups is 1. The molecule has 3 nitrogen and oxygen atoms in total. The number of rotatable bonds is 4. The summed E-state index contributed by atoms with van der Waals surface area (Å²) in [5.74, 6) is 0.751. The highest BCUT2D eigenvalue weighted by Crippen LogP contribution is 2.20. The molecule has 0 saturated heterocycles. The summed E-state index contributed by atoms with van der Waals surface area (Å²) in [7, 11) is 1.61. The predicted molar refractivity (Wildman–Crippen MR) is 81.5 cm³/mol. The molecule has 2 rings (SSSR count). The van der Waals surface area contributed by atoms with Crippen molar-refractivity contribution in [3.8, 4) is 5.75 Å². The quantitative estimate of drug-likeness (QED) is 0.847.